The van der Waals surface area contributed by atoms with Gasteiger partial charge in [0.2, 0.25) is 0 Å². The minimum Gasteiger partial charge on any atom is -0.494 e. The van der Waals surface area contributed by atoms with Crippen molar-refractivity contribution in [2.45, 2.75) is 6.92 Å². The lowest BCUT2D eigenvalue weighted by atomic mass is 10.1. The van der Waals surface area contributed by atoms with Crippen molar-refractivity contribution in [1.82, 2.24) is 9.78 Å². The molecular formula is C26H24N4O4. The molecule has 2 amide bonds. The van der Waals surface area contributed by atoms with E-state index >= 15 is 0 Å². The maximum Gasteiger partial charge on any atom is 0.259 e. The van der Waals surface area contributed by atoms with Crippen LogP contribution in [-0.2, 0) is 0 Å². The molecule has 3 aromatic carbocycles. The van der Waals surface area contributed by atoms with Crippen LogP contribution in [0.5, 0.6) is 11.5 Å². The number of methoxy groups -OCH3 is 2. The third kappa shape index (κ3) is 4.61. The summed E-state index contributed by atoms with van der Waals surface area (Å²) < 4.78 is 12.6. The van der Waals surface area contributed by atoms with Crippen LogP contribution >= 0.6 is 0 Å². The number of para-hydroxylation sites is 1. The van der Waals surface area contributed by atoms with Crippen LogP contribution in [-0.4, -0.2) is 35.8 Å². The molecule has 8 heteroatoms. The van der Waals surface area contributed by atoms with Crippen LogP contribution in [0.1, 0.15) is 26.4 Å². The number of anilines is 2. The summed E-state index contributed by atoms with van der Waals surface area (Å²) in [6.45, 7) is 1.83. The maximum atomic E-state index is 13.1. The van der Waals surface area contributed by atoms with E-state index in [4.69, 9.17) is 9.47 Å². The first-order chi connectivity index (χ1) is 16.5. The van der Waals surface area contributed by atoms with Crippen molar-refractivity contribution in [2.24, 2.45) is 0 Å². The number of nitrogens with one attached hydrogen (secondary N) is 2. The summed E-state index contributed by atoms with van der Waals surface area (Å²) in [7, 11) is 2.97. The molecule has 0 spiro atoms. The van der Waals surface area contributed by atoms with Crippen LogP contribution in [0.25, 0.3) is 5.69 Å². The minimum absolute atomic E-state index is 0.290. The monoisotopic (exact) mass is 456 g/mol. The van der Waals surface area contributed by atoms with Crippen molar-refractivity contribution in [3.8, 4) is 17.2 Å². The second kappa shape index (κ2) is 9.91. The number of rotatable bonds is 7. The molecule has 0 fully saturated rings. The molecule has 0 aliphatic heterocycles. The van der Waals surface area contributed by atoms with Gasteiger partial charge < -0.3 is 20.1 Å². The molecule has 0 aliphatic carbocycles. The third-order valence-electron chi connectivity index (χ3n) is 5.31. The summed E-state index contributed by atoms with van der Waals surface area (Å²) in [5.41, 5.74) is 3.30. The first-order valence-corrected chi connectivity index (χ1v) is 10.6. The Morgan fingerprint density at radius 1 is 0.794 bits per heavy atom. The maximum absolute atomic E-state index is 13.1. The van der Waals surface area contributed by atoms with Crippen LogP contribution in [0.3, 0.4) is 0 Å². The number of carbonyl (C=O) groups excluding carboxylic acids is 2. The Morgan fingerprint density at radius 2 is 1.32 bits per heavy atom. The van der Waals surface area contributed by atoms with E-state index in [0.717, 1.165) is 5.69 Å². The van der Waals surface area contributed by atoms with E-state index in [1.54, 1.807) is 41.1 Å². The van der Waals surface area contributed by atoms with Gasteiger partial charge in [-0.2, -0.15) is 5.10 Å². The Labute approximate surface area is 197 Å². The first kappa shape index (κ1) is 22.6. The highest BCUT2D eigenvalue weighted by Crippen LogP contribution is 2.37. The summed E-state index contributed by atoms with van der Waals surface area (Å²) in [6, 6.07) is 21.6. The molecule has 4 rings (SSSR count). The molecular weight excluding hydrogens is 432 g/mol. The van der Waals surface area contributed by atoms with Gasteiger partial charge in [-0.3, -0.25) is 9.59 Å². The van der Waals surface area contributed by atoms with E-state index in [9.17, 15) is 9.59 Å². The van der Waals surface area contributed by atoms with E-state index in [1.165, 1.54) is 20.4 Å². The van der Waals surface area contributed by atoms with Gasteiger partial charge in [-0.1, -0.05) is 36.4 Å². The highest BCUT2D eigenvalue weighted by Gasteiger charge is 2.19. The summed E-state index contributed by atoms with van der Waals surface area (Å²) in [4.78, 5) is 25.7. The van der Waals surface area contributed by atoms with Gasteiger partial charge in [-0.15, -0.1) is 0 Å². The zero-order chi connectivity index (χ0) is 24.1. The molecule has 172 valence electrons. The number of ether oxygens (including phenoxy) is 2. The summed E-state index contributed by atoms with van der Waals surface area (Å²) in [5.74, 6) is 0.102. The van der Waals surface area contributed by atoms with Crippen molar-refractivity contribution in [3.05, 3.63) is 95.8 Å². The van der Waals surface area contributed by atoms with E-state index < -0.39 is 0 Å². The largest absolute Gasteiger partial charge is 0.494 e. The predicted octanol–water partition coefficient (Wildman–Crippen LogP) is 4.70. The highest BCUT2D eigenvalue weighted by molar-refractivity contribution is 6.07. The fourth-order valence-electron chi connectivity index (χ4n) is 3.53. The molecule has 8 nitrogen and oxygen atoms in total. The van der Waals surface area contributed by atoms with Crippen molar-refractivity contribution >= 4 is 23.2 Å². The third-order valence-corrected chi connectivity index (χ3v) is 5.31. The summed E-state index contributed by atoms with van der Waals surface area (Å²) >= 11 is 0. The highest BCUT2D eigenvalue weighted by atomic mass is 16.5. The number of aromatic nitrogens is 2. The standard InChI is InChI=1S/C26H24N4O4/c1-17-20(16-27-30(17)19-12-8-5-9-13-19)26(32)29-22-15-23(33-2)21(14-24(22)34-3)28-25(31)18-10-6-4-7-11-18/h4-16H,1-3H3,(H,28,31)(H,29,32). The number of nitrogens with zero attached hydrogens (tertiary/aromatic N) is 2. The molecule has 1 heterocycles. The summed E-state index contributed by atoms with van der Waals surface area (Å²) in [6.07, 6.45) is 1.52. The zero-order valence-electron chi connectivity index (χ0n) is 19.0. The Kier molecular flexibility index (Phi) is 6.59. The predicted molar refractivity (Wildman–Crippen MR) is 130 cm³/mol. The normalized spacial score (nSPS) is 10.4. The van der Waals surface area contributed by atoms with E-state index in [-0.39, 0.29) is 11.8 Å². The SMILES string of the molecule is COc1cc(NC(=O)c2cnn(-c3ccccc3)c2C)c(OC)cc1NC(=O)c1ccccc1. The van der Waals surface area contributed by atoms with Crippen LogP contribution in [0.2, 0.25) is 0 Å². The fraction of sp³-hybridized carbons (Fsp3) is 0.115. The lowest BCUT2D eigenvalue weighted by Gasteiger charge is -2.16. The van der Waals surface area contributed by atoms with Crippen LogP contribution in [0.15, 0.2) is 79.0 Å². The number of hydrogen-bond acceptors (Lipinski definition) is 5. The average Bonchev–Trinajstić information content (AvgIpc) is 3.26. The van der Waals surface area contributed by atoms with Gasteiger partial charge in [-0.05, 0) is 31.2 Å². The van der Waals surface area contributed by atoms with Crippen molar-refractivity contribution < 1.29 is 19.1 Å². The second-order valence-electron chi connectivity index (χ2n) is 7.42. The number of hydrogen-bond donors (Lipinski definition) is 2. The molecule has 0 radical (unpaired) electrons. The van der Waals surface area contributed by atoms with Crippen LogP contribution < -0.4 is 20.1 Å². The summed E-state index contributed by atoms with van der Waals surface area (Å²) in [5, 5.41) is 10.0. The van der Waals surface area contributed by atoms with Gasteiger partial charge in [0.25, 0.3) is 11.8 Å². The van der Waals surface area contributed by atoms with Gasteiger partial charge in [0, 0.05) is 17.7 Å². The second-order valence-corrected chi connectivity index (χ2v) is 7.42. The molecule has 2 N–H and O–H groups in total. The van der Waals surface area contributed by atoms with Crippen molar-refractivity contribution in [2.75, 3.05) is 24.9 Å². The van der Waals surface area contributed by atoms with Crippen LogP contribution in [0.4, 0.5) is 11.4 Å². The molecule has 0 saturated carbocycles. The Hall–Kier alpha value is -4.59. The fourth-order valence-corrected chi connectivity index (χ4v) is 3.53. The topological polar surface area (TPSA) is 94.5 Å². The van der Waals surface area contributed by atoms with Gasteiger partial charge in [0.15, 0.2) is 0 Å². The lowest BCUT2D eigenvalue weighted by molar-refractivity contribution is 0.101. The number of amides is 2. The molecule has 1 aromatic heterocycles. The van der Waals surface area contributed by atoms with Crippen LogP contribution in [0, 0.1) is 6.92 Å². The smallest absolute Gasteiger partial charge is 0.259 e. The van der Waals surface area contributed by atoms with Gasteiger partial charge in [0.1, 0.15) is 11.5 Å². The zero-order valence-corrected chi connectivity index (χ0v) is 19.0. The van der Waals surface area contributed by atoms with E-state index in [2.05, 4.69) is 15.7 Å². The van der Waals surface area contributed by atoms with Crippen molar-refractivity contribution in [1.29, 1.82) is 0 Å². The quantitative estimate of drug-likeness (QED) is 0.420. The molecule has 0 atom stereocenters. The molecule has 4 aromatic rings. The lowest BCUT2D eigenvalue weighted by Crippen LogP contribution is -2.15. The average molecular weight is 457 g/mol. The molecule has 34 heavy (non-hydrogen) atoms. The minimum atomic E-state index is -0.346. The molecule has 0 bridgehead atoms. The number of carbonyl (C=O) groups is 2. The molecule has 0 saturated heterocycles. The van der Waals surface area contributed by atoms with E-state index in [0.29, 0.717) is 39.7 Å². The van der Waals surface area contributed by atoms with Gasteiger partial charge >= 0.3 is 0 Å². The van der Waals surface area contributed by atoms with Crippen molar-refractivity contribution in [3.63, 3.8) is 0 Å². The molecule has 0 unspecified atom stereocenters. The Morgan fingerprint density at radius 3 is 1.88 bits per heavy atom. The first-order valence-electron chi connectivity index (χ1n) is 10.6. The Bertz CT molecular complexity index is 1320. The molecule has 0 aliphatic rings. The number of benzene rings is 3. The van der Waals surface area contributed by atoms with Gasteiger partial charge in [0.05, 0.1) is 48.7 Å². The van der Waals surface area contributed by atoms with E-state index in [1.807, 2.05) is 43.3 Å². The Balaban J connectivity index is 1.59. The van der Waals surface area contributed by atoms with Gasteiger partial charge in [-0.25, -0.2) is 4.68 Å².